The van der Waals surface area contributed by atoms with Gasteiger partial charge >= 0.3 is 0 Å². The molecule has 1 N–H and O–H groups in total. The first-order valence-corrected chi connectivity index (χ1v) is 5.63. The molecule has 1 unspecified atom stereocenters. The van der Waals surface area contributed by atoms with Crippen LogP contribution in [0.2, 0.25) is 0 Å². The smallest absolute Gasteiger partial charge is 0.119 e. The molecule has 2 heteroatoms. The highest BCUT2D eigenvalue weighted by atomic mass is 16.5. The third-order valence-electron chi connectivity index (χ3n) is 2.26. The van der Waals surface area contributed by atoms with Crippen molar-refractivity contribution in [3.05, 3.63) is 29.8 Å². The van der Waals surface area contributed by atoms with Gasteiger partial charge in [0.05, 0.1) is 6.10 Å². The van der Waals surface area contributed by atoms with E-state index in [9.17, 15) is 0 Å². The number of rotatable bonds is 5. The molecule has 0 saturated heterocycles. The van der Waals surface area contributed by atoms with Crippen molar-refractivity contribution in [2.75, 3.05) is 6.54 Å². The fraction of sp³-hybridized carbons (Fsp3) is 0.538. The summed E-state index contributed by atoms with van der Waals surface area (Å²) in [5.41, 5.74) is 1.30. The Morgan fingerprint density at radius 3 is 2.20 bits per heavy atom. The van der Waals surface area contributed by atoms with Crippen LogP contribution < -0.4 is 10.1 Å². The minimum absolute atomic E-state index is 0.238. The van der Waals surface area contributed by atoms with Crippen LogP contribution in [0.4, 0.5) is 0 Å². The lowest BCUT2D eigenvalue weighted by Gasteiger charge is -2.14. The van der Waals surface area contributed by atoms with Crippen molar-refractivity contribution in [3.8, 4) is 5.75 Å². The van der Waals surface area contributed by atoms with Crippen LogP contribution in [0.15, 0.2) is 24.3 Å². The zero-order valence-electron chi connectivity index (χ0n) is 10.1. The van der Waals surface area contributed by atoms with Crippen molar-refractivity contribution in [1.82, 2.24) is 5.32 Å². The Kier molecular flexibility index (Phi) is 4.63. The predicted molar refractivity (Wildman–Crippen MR) is 64.3 cm³/mol. The van der Waals surface area contributed by atoms with Gasteiger partial charge in [-0.1, -0.05) is 19.1 Å². The lowest BCUT2D eigenvalue weighted by Crippen LogP contribution is -2.17. The van der Waals surface area contributed by atoms with E-state index in [1.54, 1.807) is 0 Å². The Labute approximate surface area is 92.6 Å². The molecule has 1 atom stereocenters. The molecule has 0 radical (unpaired) electrons. The van der Waals surface area contributed by atoms with Gasteiger partial charge < -0.3 is 10.1 Å². The van der Waals surface area contributed by atoms with Gasteiger partial charge in [0.25, 0.3) is 0 Å². The monoisotopic (exact) mass is 207 g/mol. The summed E-state index contributed by atoms with van der Waals surface area (Å²) in [5.74, 6) is 0.942. The molecule has 15 heavy (non-hydrogen) atoms. The first kappa shape index (κ1) is 12.1. The maximum absolute atomic E-state index is 5.59. The van der Waals surface area contributed by atoms with Crippen molar-refractivity contribution in [2.45, 2.75) is 39.8 Å². The number of ether oxygens (including phenoxy) is 1. The molecule has 0 bridgehead atoms. The zero-order chi connectivity index (χ0) is 11.3. The lowest BCUT2D eigenvalue weighted by molar-refractivity contribution is 0.242. The topological polar surface area (TPSA) is 21.3 Å². The average molecular weight is 207 g/mol. The Balaban J connectivity index is 2.63. The van der Waals surface area contributed by atoms with Crippen molar-refractivity contribution >= 4 is 0 Å². The highest BCUT2D eigenvalue weighted by Crippen LogP contribution is 2.18. The van der Waals surface area contributed by atoms with Gasteiger partial charge in [0.15, 0.2) is 0 Å². The molecule has 0 aromatic heterocycles. The third kappa shape index (κ3) is 3.92. The van der Waals surface area contributed by atoms with Crippen molar-refractivity contribution < 1.29 is 4.74 Å². The summed E-state index contributed by atoms with van der Waals surface area (Å²) < 4.78 is 5.59. The van der Waals surface area contributed by atoms with E-state index in [1.807, 2.05) is 26.0 Å². The second kappa shape index (κ2) is 5.76. The van der Waals surface area contributed by atoms with Crippen LogP contribution >= 0.6 is 0 Å². The van der Waals surface area contributed by atoms with Crippen LogP contribution in [0, 0.1) is 0 Å². The van der Waals surface area contributed by atoms with Gasteiger partial charge in [-0.15, -0.1) is 0 Å². The molecule has 84 valence electrons. The number of hydrogen-bond donors (Lipinski definition) is 1. The minimum Gasteiger partial charge on any atom is -0.491 e. The Morgan fingerprint density at radius 2 is 1.73 bits per heavy atom. The molecule has 0 aliphatic carbocycles. The van der Waals surface area contributed by atoms with E-state index in [-0.39, 0.29) is 6.10 Å². The second-order valence-electron chi connectivity index (χ2n) is 4.02. The molecule has 2 nitrogen and oxygen atoms in total. The van der Waals surface area contributed by atoms with Crippen LogP contribution in [0.1, 0.15) is 39.3 Å². The number of benzene rings is 1. The van der Waals surface area contributed by atoms with Gasteiger partial charge in [-0.25, -0.2) is 0 Å². The quantitative estimate of drug-likeness (QED) is 0.801. The van der Waals surface area contributed by atoms with E-state index in [2.05, 4.69) is 31.3 Å². The fourth-order valence-electron chi connectivity index (χ4n) is 1.53. The summed E-state index contributed by atoms with van der Waals surface area (Å²) in [5, 5.41) is 3.38. The van der Waals surface area contributed by atoms with Crippen LogP contribution in [0.5, 0.6) is 5.75 Å². The van der Waals surface area contributed by atoms with Gasteiger partial charge in [0.1, 0.15) is 5.75 Å². The van der Waals surface area contributed by atoms with Crippen LogP contribution in [-0.4, -0.2) is 12.6 Å². The van der Waals surface area contributed by atoms with Gasteiger partial charge in [-0.3, -0.25) is 0 Å². The number of nitrogens with one attached hydrogen (secondary N) is 1. The standard InChI is InChI=1S/C13H21NO/c1-5-14-11(4)12-6-8-13(9-7-12)15-10(2)3/h6-11,14H,5H2,1-4H3. The van der Waals surface area contributed by atoms with Crippen molar-refractivity contribution in [3.63, 3.8) is 0 Å². The van der Waals surface area contributed by atoms with Crippen LogP contribution in [0.25, 0.3) is 0 Å². The van der Waals surface area contributed by atoms with E-state index in [0.29, 0.717) is 6.04 Å². The highest BCUT2D eigenvalue weighted by molar-refractivity contribution is 5.29. The molecule has 0 spiro atoms. The molecule has 0 amide bonds. The minimum atomic E-state index is 0.238. The molecular weight excluding hydrogens is 186 g/mol. The van der Waals surface area contributed by atoms with E-state index in [4.69, 9.17) is 4.74 Å². The summed E-state index contributed by atoms with van der Waals surface area (Å²) in [6.07, 6.45) is 0.238. The molecule has 1 aromatic carbocycles. The Hall–Kier alpha value is -1.02. The van der Waals surface area contributed by atoms with E-state index >= 15 is 0 Å². The maximum atomic E-state index is 5.59. The van der Waals surface area contributed by atoms with Gasteiger partial charge in [0.2, 0.25) is 0 Å². The summed E-state index contributed by atoms with van der Waals surface area (Å²) in [4.78, 5) is 0. The lowest BCUT2D eigenvalue weighted by atomic mass is 10.1. The number of hydrogen-bond acceptors (Lipinski definition) is 2. The second-order valence-corrected chi connectivity index (χ2v) is 4.02. The van der Waals surface area contributed by atoms with Crippen LogP contribution in [-0.2, 0) is 0 Å². The average Bonchev–Trinajstić information content (AvgIpc) is 2.18. The molecule has 0 heterocycles. The van der Waals surface area contributed by atoms with Crippen molar-refractivity contribution in [2.24, 2.45) is 0 Å². The Bertz CT molecular complexity index is 279. The largest absolute Gasteiger partial charge is 0.491 e. The van der Waals surface area contributed by atoms with Crippen molar-refractivity contribution in [1.29, 1.82) is 0 Å². The predicted octanol–water partition coefficient (Wildman–Crippen LogP) is 3.14. The summed E-state index contributed by atoms with van der Waals surface area (Å²) >= 11 is 0. The van der Waals surface area contributed by atoms with E-state index in [0.717, 1.165) is 12.3 Å². The SMILES string of the molecule is CCNC(C)c1ccc(OC(C)C)cc1. The molecule has 0 aliphatic heterocycles. The Morgan fingerprint density at radius 1 is 1.13 bits per heavy atom. The summed E-state index contributed by atoms with van der Waals surface area (Å²) in [6.45, 7) is 9.35. The molecule has 1 rings (SSSR count). The third-order valence-corrected chi connectivity index (χ3v) is 2.26. The molecule has 1 aromatic rings. The van der Waals surface area contributed by atoms with E-state index < -0.39 is 0 Å². The zero-order valence-corrected chi connectivity index (χ0v) is 10.1. The summed E-state index contributed by atoms with van der Waals surface area (Å²) in [7, 11) is 0. The normalized spacial score (nSPS) is 12.9. The molecule has 0 fully saturated rings. The van der Waals surface area contributed by atoms with Gasteiger partial charge in [-0.2, -0.15) is 0 Å². The first-order chi connectivity index (χ1) is 7.13. The maximum Gasteiger partial charge on any atom is 0.119 e. The highest BCUT2D eigenvalue weighted by Gasteiger charge is 2.03. The van der Waals surface area contributed by atoms with Gasteiger partial charge in [0, 0.05) is 6.04 Å². The van der Waals surface area contributed by atoms with Crippen LogP contribution in [0.3, 0.4) is 0 Å². The van der Waals surface area contributed by atoms with E-state index in [1.165, 1.54) is 5.56 Å². The fourth-order valence-corrected chi connectivity index (χ4v) is 1.53. The molecular formula is C13H21NO. The molecule has 0 aliphatic rings. The summed E-state index contributed by atoms with van der Waals surface area (Å²) in [6, 6.07) is 8.70. The molecule has 0 saturated carbocycles. The first-order valence-electron chi connectivity index (χ1n) is 5.63. The van der Waals surface area contributed by atoms with Gasteiger partial charge in [-0.05, 0) is 45.0 Å².